The molecule has 1 spiro atoms. The third kappa shape index (κ3) is 2.27. The zero-order valence-electron chi connectivity index (χ0n) is 12.7. The number of benzene rings is 1. The molecule has 1 N–H and O–H groups in total. The summed E-state index contributed by atoms with van der Waals surface area (Å²) in [4.78, 5) is 27.0. The summed E-state index contributed by atoms with van der Waals surface area (Å²) in [7, 11) is 0. The second-order valence-corrected chi connectivity index (χ2v) is 7.10. The first kappa shape index (κ1) is 14.5. The zero-order chi connectivity index (χ0) is 15.9. The molecule has 2 fully saturated rings. The second kappa shape index (κ2) is 5.49. The molecule has 23 heavy (non-hydrogen) atoms. The Hall–Kier alpha value is -2.14. The highest BCUT2D eigenvalue weighted by Gasteiger charge is 2.55. The van der Waals surface area contributed by atoms with Crippen LogP contribution in [0.4, 0.5) is 0 Å². The Balaban J connectivity index is 1.62. The Bertz CT molecular complexity index is 729. The summed E-state index contributed by atoms with van der Waals surface area (Å²) < 4.78 is 0. The molecule has 118 valence electrons. The fraction of sp³-hybridized carbons (Fsp3) is 0.333. The molecule has 0 bridgehead atoms. The molecule has 5 heteroatoms. The van der Waals surface area contributed by atoms with Crippen LogP contribution in [0.1, 0.15) is 28.3 Å². The minimum atomic E-state index is -0.479. The Morgan fingerprint density at radius 3 is 2.83 bits per heavy atom. The zero-order valence-corrected chi connectivity index (χ0v) is 13.5. The van der Waals surface area contributed by atoms with Crippen molar-refractivity contribution in [1.29, 1.82) is 0 Å². The molecule has 3 heterocycles. The second-order valence-electron chi connectivity index (χ2n) is 6.32. The van der Waals surface area contributed by atoms with Gasteiger partial charge in [0.05, 0.1) is 11.0 Å². The van der Waals surface area contributed by atoms with Crippen molar-refractivity contribution in [3.05, 3.63) is 58.3 Å². The average molecular weight is 326 g/mol. The number of likely N-dealkylation sites (tertiary alicyclic amines) is 1. The van der Waals surface area contributed by atoms with E-state index in [1.807, 2.05) is 39.9 Å². The van der Waals surface area contributed by atoms with Crippen LogP contribution in [-0.4, -0.2) is 36.3 Å². The average Bonchev–Trinajstić information content (AvgIpc) is 3.31. The highest BCUT2D eigenvalue weighted by Crippen LogP contribution is 2.47. The van der Waals surface area contributed by atoms with Crippen LogP contribution in [0.15, 0.2) is 47.2 Å². The molecule has 2 aromatic rings. The Morgan fingerprint density at radius 2 is 2.09 bits per heavy atom. The van der Waals surface area contributed by atoms with Gasteiger partial charge in [-0.05, 0) is 23.4 Å². The van der Waals surface area contributed by atoms with Crippen molar-refractivity contribution >= 4 is 23.2 Å². The first-order valence-corrected chi connectivity index (χ1v) is 8.80. The van der Waals surface area contributed by atoms with Crippen molar-refractivity contribution in [3.63, 3.8) is 0 Å². The molecule has 2 aliphatic heterocycles. The number of hydrogen-bond donors (Lipinski definition) is 1. The summed E-state index contributed by atoms with van der Waals surface area (Å²) in [5, 5.41) is 6.80. The fourth-order valence-corrected chi connectivity index (χ4v) is 4.52. The third-order valence-corrected chi connectivity index (χ3v) is 5.83. The number of carbonyl (C=O) groups is 2. The minimum absolute atomic E-state index is 0.0367. The molecular formula is C18H18N2O2S. The minimum Gasteiger partial charge on any atom is -0.355 e. The molecule has 1 aromatic heterocycles. The van der Waals surface area contributed by atoms with Crippen LogP contribution < -0.4 is 5.32 Å². The predicted octanol–water partition coefficient (Wildman–Crippen LogP) is 2.49. The lowest BCUT2D eigenvalue weighted by molar-refractivity contribution is -0.127. The normalized spacial score (nSPS) is 26.7. The molecule has 0 unspecified atom stereocenters. The summed E-state index contributed by atoms with van der Waals surface area (Å²) in [5.74, 6) is 0.262. The molecule has 0 radical (unpaired) electrons. The van der Waals surface area contributed by atoms with Gasteiger partial charge < -0.3 is 10.2 Å². The van der Waals surface area contributed by atoms with Crippen molar-refractivity contribution in [3.8, 4) is 0 Å². The molecule has 0 saturated carbocycles. The Kier molecular flexibility index (Phi) is 3.45. The molecule has 2 aliphatic rings. The van der Waals surface area contributed by atoms with Crippen molar-refractivity contribution in [2.45, 2.75) is 12.3 Å². The van der Waals surface area contributed by atoms with Crippen LogP contribution in [0, 0.1) is 5.41 Å². The molecule has 4 nitrogen and oxygen atoms in total. The van der Waals surface area contributed by atoms with Crippen LogP contribution in [-0.2, 0) is 4.79 Å². The van der Waals surface area contributed by atoms with Gasteiger partial charge in [-0.3, -0.25) is 9.59 Å². The van der Waals surface area contributed by atoms with Crippen LogP contribution in [0.5, 0.6) is 0 Å². The number of carbonyl (C=O) groups excluding carboxylic acids is 2. The van der Waals surface area contributed by atoms with Gasteiger partial charge in [0, 0.05) is 30.9 Å². The summed E-state index contributed by atoms with van der Waals surface area (Å²) in [6, 6.07) is 12.0. The molecule has 0 aliphatic carbocycles. The van der Waals surface area contributed by atoms with E-state index < -0.39 is 5.41 Å². The van der Waals surface area contributed by atoms with Crippen molar-refractivity contribution < 1.29 is 9.59 Å². The fourth-order valence-electron chi connectivity index (χ4n) is 3.89. The van der Waals surface area contributed by atoms with Crippen molar-refractivity contribution in [2.24, 2.45) is 5.41 Å². The summed E-state index contributed by atoms with van der Waals surface area (Å²) in [6.45, 7) is 1.81. The van der Waals surface area contributed by atoms with Gasteiger partial charge in [0.15, 0.2) is 0 Å². The highest BCUT2D eigenvalue weighted by atomic mass is 32.1. The Morgan fingerprint density at radius 1 is 1.26 bits per heavy atom. The van der Waals surface area contributed by atoms with Crippen LogP contribution in [0.3, 0.4) is 0 Å². The lowest BCUT2D eigenvalue weighted by Gasteiger charge is -2.28. The Labute approximate surface area is 139 Å². The smallest absolute Gasteiger partial charge is 0.254 e. The summed E-state index contributed by atoms with van der Waals surface area (Å²) in [5.41, 5.74) is 1.42. The SMILES string of the molecule is O=C(c1ccsc1)N1CC[C@@]2(C1)C(=O)NC[C@H]2c1ccccc1. The molecule has 2 saturated heterocycles. The first-order valence-electron chi connectivity index (χ1n) is 7.85. The maximum Gasteiger partial charge on any atom is 0.254 e. The number of amides is 2. The van der Waals surface area contributed by atoms with Crippen LogP contribution >= 0.6 is 11.3 Å². The predicted molar refractivity (Wildman–Crippen MR) is 89.5 cm³/mol. The van der Waals surface area contributed by atoms with Gasteiger partial charge in [0.1, 0.15) is 0 Å². The van der Waals surface area contributed by atoms with E-state index in [4.69, 9.17) is 0 Å². The summed E-state index contributed by atoms with van der Waals surface area (Å²) >= 11 is 1.52. The first-order chi connectivity index (χ1) is 11.2. The third-order valence-electron chi connectivity index (χ3n) is 5.14. The number of hydrogen-bond acceptors (Lipinski definition) is 3. The maximum atomic E-state index is 12.6. The standard InChI is InChI=1S/C18H18N2O2S/c21-16(14-6-9-23-11-14)20-8-7-18(12-20)15(10-19-17(18)22)13-4-2-1-3-5-13/h1-6,9,11,15H,7-8,10,12H2,(H,19,22)/t15-,18-/m0/s1. The monoisotopic (exact) mass is 326 g/mol. The van der Waals surface area contributed by atoms with Gasteiger partial charge in [-0.1, -0.05) is 30.3 Å². The largest absolute Gasteiger partial charge is 0.355 e. The number of nitrogens with one attached hydrogen (secondary N) is 1. The van der Waals surface area contributed by atoms with E-state index in [2.05, 4.69) is 17.4 Å². The quantitative estimate of drug-likeness (QED) is 0.922. The number of thiophene rings is 1. The van der Waals surface area contributed by atoms with E-state index in [9.17, 15) is 9.59 Å². The van der Waals surface area contributed by atoms with E-state index in [1.165, 1.54) is 16.9 Å². The van der Waals surface area contributed by atoms with Gasteiger partial charge in [-0.15, -0.1) is 0 Å². The lowest BCUT2D eigenvalue weighted by atomic mass is 9.73. The van der Waals surface area contributed by atoms with E-state index in [0.29, 0.717) is 19.6 Å². The van der Waals surface area contributed by atoms with Gasteiger partial charge in [-0.2, -0.15) is 11.3 Å². The van der Waals surface area contributed by atoms with E-state index in [1.54, 1.807) is 0 Å². The topological polar surface area (TPSA) is 49.4 Å². The number of rotatable bonds is 2. The molecule has 2 amide bonds. The molecule has 1 aromatic carbocycles. The van der Waals surface area contributed by atoms with Crippen molar-refractivity contribution in [2.75, 3.05) is 19.6 Å². The van der Waals surface area contributed by atoms with E-state index >= 15 is 0 Å². The molecule has 2 atom stereocenters. The maximum absolute atomic E-state index is 12.6. The summed E-state index contributed by atoms with van der Waals surface area (Å²) in [6.07, 6.45) is 0.730. The van der Waals surface area contributed by atoms with Crippen LogP contribution in [0.25, 0.3) is 0 Å². The van der Waals surface area contributed by atoms with Gasteiger partial charge in [0.2, 0.25) is 5.91 Å². The van der Waals surface area contributed by atoms with Gasteiger partial charge in [-0.25, -0.2) is 0 Å². The molecular weight excluding hydrogens is 308 g/mol. The van der Waals surface area contributed by atoms with Gasteiger partial charge >= 0.3 is 0 Å². The lowest BCUT2D eigenvalue weighted by Crippen LogP contribution is -2.39. The van der Waals surface area contributed by atoms with E-state index in [0.717, 1.165) is 12.0 Å². The van der Waals surface area contributed by atoms with Crippen molar-refractivity contribution in [1.82, 2.24) is 10.2 Å². The van der Waals surface area contributed by atoms with E-state index in [-0.39, 0.29) is 17.7 Å². The van der Waals surface area contributed by atoms with Crippen LogP contribution in [0.2, 0.25) is 0 Å². The highest BCUT2D eigenvalue weighted by molar-refractivity contribution is 7.08. The molecule has 4 rings (SSSR count). The van der Waals surface area contributed by atoms with Gasteiger partial charge in [0.25, 0.3) is 5.91 Å². The number of nitrogens with zero attached hydrogens (tertiary/aromatic N) is 1.